The van der Waals surface area contributed by atoms with Crippen molar-refractivity contribution in [3.8, 4) is 0 Å². The van der Waals surface area contributed by atoms with Gasteiger partial charge < -0.3 is 10.3 Å². The highest BCUT2D eigenvalue weighted by molar-refractivity contribution is 5.77. The molecule has 1 heterocycles. The molecule has 0 radical (unpaired) electrons. The van der Waals surface area contributed by atoms with E-state index < -0.39 is 0 Å². The van der Waals surface area contributed by atoms with Gasteiger partial charge in [0.15, 0.2) is 0 Å². The minimum absolute atomic E-state index is 0.525. The van der Waals surface area contributed by atoms with Gasteiger partial charge in [-0.3, -0.25) is 0 Å². The van der Waals surface area contributed by atoms with Gasteiger partial charge in [0, 0.05) is 19.2 Å². The van der Waals surface area contributed by atoms with Crippen molar-refractivity contribution in [2.45, 2.75) is 26.2 Å². The normalized spacial score (nSPS) is 11.4. The third-order valence-corrected chi connectivity index (χ3v) is 4.01. The van der Waals surface area contributed by atoms with Gasteiger partial charge in [-0.25, -0.2) is 4.98 Å². The molecule has 2 aromatic carbocycles. The maximum Gasteiger partial charge on any atom is 0.114 e. The molecule has 0 aliphatic rings. The summed E-state index contributed by atoms with van der Waals surface area (Å²) in [4.78, 5) is 4.80. The summed E-state index contributed by atoms with van der Waals surface area (Å²) >= 11 is 0. The molecule has 108 valence electrons. The second-order valence-corrected chi connectivity index (χ2v) is 5.91. The summed E-state index contributed by atoms with van der Waals surface area (Å²) in [7, 11) is 2.08. The molecule has 21 heavy (non-hydrogen) atoms. The van der Waals surface area contributed by atoms with E-state index in [1.165, 1.54) is 16.6 Å². The van der Waals surface area contributed by atoms with E-state index in [1.807, 2.05) is 12.1 Å². The summed E-state index contributed by atoms with van der Waals surface area (Å²) in [6, 6.07) is 14.6. The van der Waals surface area contributed by atoms with E-state index in [9.17, 15) is 0 Å². The summed E-state index contributed by atoms with van der Waals surface area (Å²) < 4.78 is 2.18. The van der Waals surface area contributed by atoms with E-state index in [1.54, 1.807) is 0 Å². The number of hydrogen-bond donors (Lipinski definition) is 1. The van der Waals surface area contributed by atoms with Crippen LogP contribution in [0.4, 0.5) is 5.69 Å². The highest BCUT2D eigenvalue weighted by Gasteiger charge is 2.10. The molecule has 0 spiro atoms. The Hall–Kier alpha value is -2.29. The molecule has 0 bridgehead atoms. The van der Waals surface area contributed by atoms with Gasteiger partial charge >= 0.3 is 0 Å². The average molecular weight is 279 g/mol. The fourth-order valence-electron chi connectivity index (χ4n) is 2.60. The molecule has 0 atom stereocenters. The number of imidazole rings is 1. The first-order valence-corrected chi connectivity index (χ1v) is 7.34. The van der Waals surface area contributed by atoms with Crippen molar-refractivity contribution >= 4 is 16.7 Å². The fraction of sp³-hybridized carbons (Fsp3) is 0.278. The summed E-state index contributed by atoms with van der Waals surface area (Å²) in [5.41, 5.74) is 11.4. The second-order valence-electron chi connectivity index (χ2n) is 5.91. The molecular weight excluding hydrogens is 258 g/mol. The number of aryl methyl sites for hydroxylation is 1. The predicted octanol–water partition coefficient (Wildman–Crippen LogP) is 3.87. The zero-order chi connectivity index (χ0) is 15.0. The van der Waals surface area contributed by atoms with Gasteiger partial charge in [0.2, 0.25) is 0 Å². The van der Waals surface area contributed by atoms with Crippen LogP contribution in [-0.2, 0) is 13.5 Å². The van der Waals surface area contributed by atoms with Crippen molar-refractivity contribution in [3.05, 3.63) is 59.4 Å². The summed E-state index contributed by atoms with van der Waals surface area (Å²) in [5.74, 6) is 1.60. The van der Waals surface area contributed by atoms with Crippen LogP contribution in [0, 0.1) is 0 Å². The fourth-order valence-corrected chi connectivity index (χ4v) is 2.60. The third-order valence-electron chi connectivity index (χ3n) is 4.01. The first-order valence-electron chi connectivity index (χ1n) is 7.34. The molecular formula is C18H21N3. The van der Waals surface area contributed by atoms with Crippen molar-refractivity contribution in [1.29, 1.82) is 0 Å². The van der Waals surface area contributed by atoms with Gasteiger partial charge in [-0.15, -0.1) is 0 Å². The van der Waals surface area contributed by atoms with E-state index in [4.69, 9.17) is 10.7 Å². The van der Waals surface area contributed by atoms with Gasteiger partial charge in [-0.2, -0.15) is 0 Å². The zero-order valence-corrected chi connectivity index (χ0v) is 12.8. The van der Waals surface area contributed by atoms with Crippen molar-refractivity contribution in [3.63, 3.8) is 0 Å². The predicted molar refractivity (Wildman–Crippen MR) is 88.5 cm³/mol. The van der Waals surface area contributed by atoms with Crippen LogP contribution in [-0.4, -0.2) is 9.55 Å². The lowest BCUT2D eigenvalue weighted by Crippen LogP contribution is -1.99. The van der Waals surface area contributed by atoms with Crippen LogP contribution in [0.15, 0.2) is 42.5 Å². The molecule has 0 aliphatic heterocycles. The van der Waals surface area contributed by atoms with Crippen LogP contribution in [0.25, 0.3) is 11.0 Å². The number of benzene rings is 2. The Kier molecular flexibility index (Phi) is 3.42. The molecule has 3 rings (SSSR count). The average Bonchev–Trinajstić information content (AvgIpc) is 2.77. The molecule has 0 saturated heterocycles. The van der Waals surface area contributed by atoms with Gasteiger partial charge in [-0.05, 0) is 41.3 Å². The maximum atomic E-state index is 5.74. The first-order chi connectivity index (χ1) is 10.0. The Labute approximate surface area is 125 Å². The topological polar surface area (TPSA) is 43.8 Å². The lowest BCUT2D eigenvalue weighted by atomic mass is 10.0. The molecule has 3 aromatic rings. The molecule has 0 unspecified atom stereocenters. The molecule has 3 heteroatoms. The van der Waals surface area contributed by atoms with Crippen LogP contribution in [0.5, 0.6) is 0 Å². The quantitative estimate of drug-likeness (QED) is 0.740. The highest BCUT2D eigenvalue weighted by atomic mass is 15.1. The highest BCUT2D eigenvalue weighted by Crippen LogP contribution is 2.22. The molecule has 0 amide bonds. The van der Waals surface area contributed by atoms with Gasteiger partial charge in [0.25, 0.3) is 0 Å². The number of rotatable bonds is 3. The van der Waals surface area contributed by atoms with Crippen molar-refractivity contribution in [1.82, 2.24) is 9.55 Å². The minimum Gasteiger partial charge on any atom is -0.399 e. The largest absolute Gasteiger partial charge is 0.399 e. The minimum atomic E-state index is 0.525. The van der Waals surface area contributed by atoms with E-state index in [0.29, 0.717) is 5.92 Å². The van der Waals surface area contributed by atoms with E-state index >= 15 is 0 Å². The monoisotopic (exact) mass is 279 g/mol. The number of aromatic nitrogens is 2. The molecule has 0 fully saturated rings. The van der Waals surface area contributed by atoms with Crippen LogP contribution in [0.1, 0.15) is 36.7 Å². The molecule has 3 nitrogen and oxygen atoms in total. The van der Waals surface area contributed by atoms with Crippen molar-refractivity contribution in [2.24, 2.45) is 7.05 Å². The number of nitrogen functional groups attached to an aromatic ring is 1. The van der Waals surface area contributed by atoms with Crippen LogP contribution >= 0.6 is 0 Å². The van der Waals surface area contributed by atoms with Gasteiger partial charge in [0.05, 0.1) is 11.0 Å². The third kappa shape index (κ3) is 2.64. The lowest BCUT2D eigenvalue weighted by molar-refractivity contribution is 0.844. The number of nitrogens with zero attached hydrogens (tertiary/aromatic N) is 2. The summed E-state index contributed by atoms with van der Waals surface area (Å²) in [6.07, 6.45) is 0.822. The van der Waals surface area contributed by atoms with E-state index in [0.717, 1.165) is 23.4 Å². The standard InChI is InChI=1S/C18H21N3/c1-12(2)14-6-9-17-16(11-14)20-18(21(17)3)10-13-4-7-15(19)8-5-13/h4-9,11-12H,10,19H2,1-3H3. The number of hydrogen-bond acceptors (Lipinski definition) is 2. The Bertz CT molecular complexity index is 767. The summed E-state index contributed by atoms with van der Waals surface area (Å²) in [5, 5.41) is 0. The Morgan fingerprint density at radius 2 is 1.81 bits per heavy atom. The Morgan fingerprint density at radius 1 is 1.10 bits per heavy atom. The smallest absolute Gasteiger partial charge is 0.114 e. The second kappa shape index (κ2) is 5.24. The SMILES string of the molecule is CC(C)c1ccc2c(c1)nc(Cc1ccc(N)cc1)n2C. The lowest BCUT2D eigenvalue weighted by Gasteiger charge is -2.05. The Balaban J connectivity index is 1.99. The van der Waals surface area contributed by atoms with Crippen molar-refractivity contribution in [2.75, 3.05) is 5.73 Å². The molecule has 2 N–H and O–H groups in total. The molecule has 0 saturated carbocycles. The van der Waals surface area contributed by atoms with Gasteiger partial charge in [0.1, 0.15) is 5.82 Å². The van der Waals surface area contributed by atoms with Crippen LogP contribution < -0.4 is 5.73 Å². The first kappa shape index (κ1) is 13.7. The molecule has 0 aliphatic carbocycles. The number of nitrogens with two attached hydrogens (primary N) is 1. The van der Waals surface area contributed by atoms with Crippen LogP contribution in [0.3, 0.4) is 0 Å². The van der Waals surface area contributed by atoms with E-state index in [-0.39, 0.29) is 0 Å². The zero-order valence-electron chi connectivity index (χ0n) is 12.8. The Morgan fingerprint density at radius 3 is 2.48 bits per heavy atom. The van der Waals surface area contributed by atoms with Crippen LogP contribution in [0.2, 0.25) is 0 Å². The number of anilines is 1. The van der Waals surface area contributed by atoms with E-state index in [2.05, 4.69) is 55.8 Å². The van der Waals surface area contributed by atoms with Crippen molar-refractivity contribution < 1.29 is 0 Å². The number of fused-ring (bicyclic) bond motifs is 1. The summed E-state index contributed by atoms with van der Waals surface area (Å²) in [6.45, 7) is 4.42. The maximum absolute atomic E-state index is 5.74. The molecule has 1 aromatic heterocycles. The van der Waals surface area contributed by atoms with Gasteiger partial charge in [-0.1, -0.05) is 32.0 Å².